The molecule has 17 heavy (non-hydrogen) atoms. The van der Waals surface area contributed by atoms with Gasteiger partial charge in [-0.2, -0.15) is 5.10 Å². The summed E-state index contributed by atoms with van der Waals surface area (Å²) in [5, 5.41) is 15.7. The third-order valence-electron chi connectivity index (χ3n) is 2.13. The number of aliphatic hydroxyl groups is 1. The number of halogens is 1. The van der Waals surface area contributed by atoms with Crippen molar-refractivity contribution in [2.45, 2.75) is 19.4 Å². The van der Waals surface area contributed by atoms with Crippen molar-refractivity contribution in [3.63, 3.8) is 0 Å². The van der Waals surface area contributed by atoms with Crippen LogP contribution in [-0.4, -0.2) is 28.0 Å². The largest absolute Gasteiger partial charge is 0.396 e. The van der Waals surface area contributed by atoms with Crippen molar-refractivity contribution >= 4 is 17.3 Å². The molecule has 1 rings (SSSR count). The van der Waals surface area contributed by atoms with E-state index in [1.165, 1.54) is 10.9 Å². The fourth-order valence-corrected chi connectivity index (χ4v) is 1.47. The fourth-order valence-electron chi connectivity index (χ4n) is 1.28. The first kappa shape index (κ1) is 13.6. The lowest BCUT2D eigenvalue weighted by Gasteiger charge is -2.08. The molecular formula is C11H14ClN3O2. The van der Waals surface area contributed by atoms with Crippen LogP contribution in [-0.2, 0) is 6.54 Å². The van der Waals surface area contributed by atoms with Gasteiger partial charge in [0, 0.05) is 13.2 Å². The third kappa shape index (κ3) is 3.77. The van der Waals surface area contributed by atoms with Gasteiger partial charge in [0.25, 0.3) is 5.56 Å². The van der Waals surface area contributed by atoms with Crippen molar-refractivity contribution < 1.29 is 5.11 Å². The van der Waals surface area contributed by atoms with E-state index in [9.17, 15) is 4.79 Å². The van der Waals surface area contributed by atoms with Gasteiger partial charge in [-0.3, -0.25) is 4.79 Å². The van der Waals surface area contributed by atoms with Gasteiger partial charge in [-0.15, -0.1) is 6.42 Å². The Morgan fingerprint density at radius 1 is 1.59 bits per heavy atom. The van der Waals surface area contributed by atoms with Crippen LogP contribution in [0.5, 0.6) is 0 Å². The van der Waals surface area contributed by atoms with Crippen LogP contribution in [0.3, 0.4) is 0 Å². The summed E-state index contributed by atoms with van der Waals surface area (Å²) in [4.78, 5) is 11.9. The summed E-state index contributed by atoms with van der Waals surface area (Å²) in [6.45, 7) is 0.810. The highest BCUT2D eigenvalue weighted by molar-refractivity contribution is 6.32. The van der Waals surface area contributed by atoms with Crippen LogP contribution in [0.1, 0.15) is 12.8 Å². The molecule has 92 valence electrons. The van der Waals surface area contributed by atoms with E-state index >= 15 is 0 Å². The molecule has 5 nitrogen and oxygen atoms in total. The average Bonchev–Trinajstić information content (AvgIpc) is 2.32. The molecule has 1 aromatic rings. The highest BCUT2D eigenvalue weighted by Crippen LogP contribution is 2.14. The lowest BCUT2D eigenvalue weighted by atomic mass is 10.3. The van der Waals surface area contributed by atoms with Gasteiger partial charge in [0.2, 0.25) is 0 Å². The Labute approximate surface area is 104 Å². The molecule has 0 aromatic carbocycles. The number of aliphatic hydroxyl groups excluding tert-OH is 1. The Bertz CT molecular complexity index is 465. The molecule has 0 saturated heterocycles. The second-order valence-corrected chi connectivity index (χ2v) is 3.80. The molecule has 1 aromatic heterocycles. The topological polar surface area (TPSA) is 67.2 Å². The predicted molar refractivity (Wildman–Crippen MR) is 67.1 cm³/mol. The van der Waals surface area contributed by atoms with Crippen LogP contribution in [0.2, 0.25) is 5.02 Å². The van der Waals surface area contributed by atoms with Gasteiger partial charge in [-0.25, -0.2) is 4.68 Å². The lowest BCUT2D eigenvalue weighted by molar-refractivity contribution is 0.286. The van der Waals surface area contributed by atoms with Crippen molar-refractivity contribution in [3.8, 4) is 12.3 Å². The molecule has 0 bridgehead atoms. The van der Waals surface area contributed by atoms with Crippen molar-refractivity contribution in [1.29, 1.82) is 0 Å². The number of anilines is 1. The first-order valence-corrected chi connectivity index (χ1v) is 5.62. The van der Waals surface area contributed by atoms with Crippen molar-refractivity contribution in [3.05, 3.63) is 21.6 Å². The molecule has 0 aliphatic heterocycles. The minimum absolute atomic E-state index is 0.112. The standard InChI is InChI=1S/C11H14ClN3O2/c1-2-6-15-11(17)10(9(12)8-14-15)13-5-3-4-7-16/h1,8,13,16H,3-7H2. The van der Waals surface area contributed by atoms with Gasteiger partial charge in [-0.1, -0.05) is 17.5 Å². The molecule has 0 aliphatic carbocycles. The van der Waals surface area contributed by atoms with E-state index in [2.05, 4.69) is 16.3 Å². The molecule has 0 atom stereocenters. The van der Waals surface area contributed by atoms with Gasteiger partial charge < -0.3 is 10.4 Å². The van der Waals surface area contributed by atoms with E-state index in [1.807, 2.05) is 0 Å². The Kier molecular flexibility index (Phi) is 5.53. The monoisotopic (exact) mass is 255 g/mol. The number of aromatic nitrogens is 2. The van der Waals surface area contributed by atoms with Gasteiger partial charge in [0.15, 0.2) is 0 Å². The van der Waals surface area contributed by atoms with E-state index < -0.39 is 0 Å². The van der Waals surface area contributed by atoms with E-state index in [4.69, 9.17) is 23.1 Å². The SMILES string of the molecule is C#CCn1ncc(Cl)c(NCCCCO)c1=O. The van der Waals surface area contributed by atoms with Crippen LogP contribution < -0.4 is 10.9 Å². The Balaban J connectivity index is 2.80. The maximum Gasteiger partial charge on any atom is 0.292 e. The second kappa shape index (κ2) is 6.94. The number of nitrogens with zero attached hydrogens (tertiary/aromatic N) is 2. The van der Waals surface area contributed by atoms with Crippen LogP contribution >= 0.6 is 11.6 Å². The number of rotatable bonds is 6. The Morgan fingerprint density at radius 3 is 3.00 bits per heavy atom. The molecule has 0 fully saturated rings. The summed E-state index contributed by atoms with van der Waals surface area (Å²) < 4.78 is 1.17. The molecule has 0 amide bonds. The van der Waals surface area contributed by atoms with E-state index in [-0.39, 0.29) is 23.7 Å². The summed E-state index contributed by atoms with van der Waals surface area (Å²) in [5.41, 5.74) is -0.0331. The average molecular weight is 256 g/mol. The summed E-state index contributed by atoms with van der Waals surface area (Å²) in [5.74, 6) is 2.34. The summed E-state index contributed by atoms with van der Waals surface area (Å²) in [6, 6.07) is 0. The van der Waals surface area contributed by atoms with Gasteiger partial charge in [0.1, 0.15) is 12.2 Å². The maximum absolute atomic E-state index is 11.9. The normalized spacial score (nSPS) is 9.94. The molecule has 0 radical (unpaired) electrons. The molecule has 0 unspecified atom stereocenters. The smallest absolute Gasteiger partial charge is 0.292 e. The van der Waals surface area contributed by atoms with Crippen LogP contribution in [0.25, 0.3) is 0 Å². The third-order valence-corrected chi connectivity index (χ3v) is 2.41. The number of hydrogen-bond acceptors (Lipinski definition) is 4. The number of unbranched alkanes of at least 4 members (excludes halogenated alkanes) is 1. The van der Waals surface area contributed by atoms with Gasteiger partial charge >= 0.3 is 0 Å². The zero-order valence-electron chi connectivity index (χ0n) is 9.32. The highest BCUT2D eigenvalue weighted by Gasteiger charge is 2.08. The lowest BCUT2D eigenvalue weighted by Crippen LogP contribution is -2.26. The van der Waals surface area contributed by atoms with Crippen molar-refractivity contribution in [1.82, 2.24) is 9.78 Å². The van der Waals surface area contributed by atoms with E-state index in [0.717, 1.165) is 6.42 Å². The zero-order valence-corrected chi connectivity index (χ0v) is 10.1. The number of nitrogens with one attached hydrogen (secondary N) is 1. The maximum atomic E-state index is 11.9. The van der Waals surface area contributed by atoms with Gasteiger partial charge in [0.05, 0.1) is 11.2 Å². The molecule has 0 saturated carbocycles. The summed E-state index contributed by atoms with van der Waals surface area (Å²) in [6.07, 6.45) is 7.94. The molecule has 0 aliphatic rings. The molecule has 1 heterocycles. The quantitative estimate of drug-likeness (QED) is 0.581. The van der Waals surface area contributed by atoms with Crippen LogP contribution in [0.15, 0.2) is 11.0 Å². The van der Waals surface area contributed by atoms with E-state index in [1.54, 1.807) is 0 Å². The van der Waals surface area contributed by atoms with Crippen LogP contribution in [0.4, 0.5) is 5.69 Å². The van der Waals surface area contributed by atoms with E-state index in [0.29, 0.717) is 18.7 Å². The Morgan fingerprint density at radius 2 is 2.35 bits per heavy atom. The first-order chi connectivity index (χ1) is 8.20. The van der Waals surface area contributed by atoms with Crippen molar-refractivity contribution in [2.24, 2.45) is 0 Å². The van der Waals surface area contributed by atoms with Gasteiger partial charge in [-0.05, 0) is 12.8 Å². The minimum Gasteiger partial charge on any atom is -0.396 e. The fraction of sp³-hybridized carbons (Fsp3) is 0.455. The second-order valence-electron chi connectivity index (χ2n) is 3.39. The minimum atomic E-state index is -0.334. The first-order valence-electron chi connectivity index (χ1n) is 5.24. The number of terminal acetylenes is 1. The number of hydrogen-bond donors (Lipinski definition) is 2. The summed E-state index contributed by atoms with van der Waals surface area (Å²) >= 11 is 5.88. The highest BCUT2D eigenvalue weighted by atomic mass is 35.5. The Hall–Kier alpha value is -1.51. The van der Waals surface area contributed by atoms with Crippen LogP contribution in [0, 0.1) is 12.3 Å². The zero-order chi connectivity index (χ0) is 12.7. The molecule has 0 spiro atoms. The summed E-state index contributed by atoms with van der Waals surface area (Å²) in [7, 11) is 0. The molecule has 2 N–H and O–H groups in total. The predicted octanol–water partition coefficient (Wildman–Crippen LogP) is 0.714. The molecule has 6 heteroatoms. The molecular weight excluding hydrogens is 242 g/mol. The van der Waals surface area contributed by atoms with Crippen molar-refractivity contribution in [2.75, 3.05) is 18.5 Å².